The molecule has 2 unspecified atom stereocenters. The third-order valence-electron chi connectivity index (χ3n) is 11.0. The summed E-state index contributed by atoms with van der Waals surface area (Å²) in [7, 11) is 13.3. The van der Waals surface area contributed by atoms with Crippen LogP contribution in [0.25, 0.3) is 0 Å². The van der Waals surface area contributed by atoms with Crippen LogP contribution in [0.15, 0.2) is 0 Å². The molecule has 0 aromatic rings. The maximum absolute atomic E-state index is 2.75. The zero-order valence-electron chi connectivity index (χ0n) is 26.8. The van der Waals surface area contributed by atoms with Gasteiger partial charge in [0, 0.05) is 50.6 Å². The zero-order valence-corrected chi connectivity index (χ0v) is 28.4. The largest absolute Gasteiger partial charge is 0.306 e. The molecule has 0 aromatic heterocycles. The molecular weight excluding hydrogens is 529 g/mol. The molecule has 4 aliphatic rings. The average Bonchev–Trinajstić information content (AvgIpc) is 2.98. The minimum atomic E-state index is 0.813. The van der Waals surface area contributed by atoms with Crippen LogP contribution in [0.1, 0.15) is 116 Å². The van der Waals surface area contributed by atoms with E-state index in [9.17, 15) is 0 Å². The molecule has 2 fully saturated rings. The van der Waals surface area contributed by atoms with Gasteiger partial charge in [-0.2, -0.15) is 0 Å². The molecule has 0 saturated heterocycles. The van der Waals surface area contributed by atoms with Crippen LogP contribution < -0.4 is 0 Å². The summed E-state index contributed by atoms with van der Waals surface area (Å²) in [6, 6.07) is 3.30. The van der Waals surface area contributed by atoms with E-state index >= 15 is 0 Å². The fourth-order valence-electron chi connectivity index (χ4n) is 8.18. The van der Waals surface area contributed by atoms with Crippen molar-refractivity contribution >= 4 is 34.0 Å². The Bertz CT molecular complexity index is 702. The average molecular weight is 593 g/mol. The van der Waals surface area contributed by atoms with E-state index in [-0.39, 0.29) is 0 Å². The molecular formula is C34H64N4S2+2. The van der Waals surface area contributed by atoms with Gasteiger partial charge >= 0.3 is 0 Å². The van der Waals surface area contributed by atoms with Crippen molar-refractivity contribution in [2.75, 3.05) is 52.8 Å². The highest BCUT2D eigenvalue weighted by Gasteiger charge is 2.29. The summed E-state index contributed by atoms with van der Waals surface area (Å²) in [4.78, 5) is 4.90. The van der Waals surface area contributed by atoms with Gasteiger partial charge in [0.15, 0.2) is 25.2 Å². The van der Waals surface area contributed by atoms with Crippen LogP contribution in [0.3, 0.4) is 0 Å². The standard InChI is InChI=1S/C34H64N4S2/c1-35(2)31-17-11-29(12-18-31)15-21-33-9-5-7-23-37(33)25-27-39-40-28-26-38-24-8-6-10-34(38)22-16-30-13-19-32(20-14-30)36(3)4/h23-24,29-34H,5-22,25-28H2,1-4H3/q+2. The lowest BCUT2D eigenvalue weighted by Gasteiger charge is -2.33. The van der Waals surface area contributed by atoms with Gasteiger partial charge in [-0.05, 0) is 117 Å². The third kappa shape index (κ3) is 10.9. The smallest absolute Gasteiger partial charge is 0.152 e. The van der Waals surface area contributed by atoms with E-state index in [2.05, 4.69) is 81.2 Å². The Morgan fingerprint density at radius 2 is 0.950 bits per heavy atom. The lowest BCUT2D eigenvalue weighted by Crippen LogP contribution is -2.34. The summed E-state index contributed by atoms with van der Waals surface area (Å²) in [5.74, 6) is 4.51. The second-order valence-electron chi connectivity index (χ2n) is 14.1. The number of hydrogen-bond acceptors (Lipinski definition) is 4. The van der Waals surface area contributed by atoms with Crippen LogP contribution in [0.2, 0.25) is 0 Å². The fourth-order valence-corrected chi connectivity index (χ4v) is 10.1. The lowest BCUT2D eigenvalue weighted by molar-refractivity contribution is -0.564. The highest BCUT2D eigenvalue weighted by molar-refractivity contribution is 8.76. The molecule has 0 N–H and O–H groups in total. The summed E-state index contributed by atoms with van der Waals surface area (Å²) >= 11 is 0. The topological polar surface area (TPSA) is 12.5 Å². The third-order valence-corrected chi connectivity index (χ3v) is 13.4. The molecule has 230 valence electrons. The maximum Gasteiger partial charge on any atom is 0.152 e. The van der Waals surface area contributed by atoms with E-state index in [0.29, 0.717) is 0 Å². The van der Waals surface area contributed by atoms with Gasteiger partial charge in [0.25, 0.3) is 0 Å². The van der Waals surface area contributed by atoms with Gasteiger partial charge in [-0.15, -0.1) is 0 Å². The molecule has 2 heterocycles. The van der Waals surface area contributed by atoms with Crippen LogP contribution in [0.4, 0.5) is 0 Å². The summed E-state index contributed by atoms with van der Waals surface area (Å²) in [6.07, 6.45) is 30.6. The Labute approximate surface area is 256 Å². The first kappa shape index (κ1) is 32.9. The highest BCUT2D eigenvalue weighted by atomic mass is 33.1. The predicted molar refractivity (Wildman–Crippen MR) is 180 cm³/mol. The SMILES string of the molecule is CN(C)C1CCC(CCC2CCCC=[N+]2CCSSCC[N+]2=CCCCC2CCC2CCC(N(C)C)CC2)CC1. The quantitative estimate of drug-likeness (QED) is 0.111. The lowest BCUT2D eigenvalue weighted by atomic mass is 9.82. The van der Waals surface area contributed by atoms with Gasteiger partial charge in [-0.1, -0.05) is 21.6 Å². The predicted octanol–water partition coefficient (Wildman–Crippen LogP) is 7.44. The Hall–Kier alpha value is -0.0400. The van der Waals surface area contributed by atoms with Gasteiger partial charge in [-0.3, -0.25) is 0 Å². The first-order chi connectivity index (χ1) is 19.5. The summed E-state index contributed by atoms with van der Waals surface area (Å²) in [6.45, 7) is 2.51. The maximum atomic E-state index is 2.75. The molecule has 0 aromatic carbocycles. The number of hydrogen-bond donors (Lipinski definition) is 0. The van der Waals surface area contributed by atoms with Crippen LogP contribution in [0, 0.1) is 11.8 Å². The van der Waals surface area contributed by atoms with Crippen molar-refractivity contribution in [2.45, 2.75) is 140 Å². The Balaban J connectivity index is 1.08. The molecule has 0 spiro atoms. The fraction of sp³-hybridized carbons (Fsp3) is 0.941. The Morgan fingerprint density at radius 1 is 0.550 bits per heavy atom. The van der Waals surface area contributed by atoms with Crippen LogP contribution in [-0.2, 0) is 0 Å². The van der Waals surface area contributed by atoms with Gasteiger partial charge in [0.05, 0.1) is 11.5 Å². The Morgan fingerprint density at radius 3 is 1.32 bits per heavy atom. The first-order valence-corrected chi connectivity index (χ1v) is 19.7. The van der Waals surface area contributed by atoms with E-state index in [4.69, 9.17) is 0 Å². The molecule has 0 radical (unpaired) electrons. The van der Waals surface area contributed by atoms with E-state index in [1.807, 2.05) is 0 Å². The second kappa shape index (κ2) is 17.9. The van der Waals surface area contributed by atoms with Gasteiger partial charge in [0.2, 0.25) is 0 Å². The van der Waals surface area contributed by atoms with Crippen molar-refractivity contribution in [1.82, 2.24) is 9.80 Å². The minimum Gasteiger partial charge on any atom is -0.306 e. The second-order valence-corrected chi connectivity index (χ2v) is 16.8. The molecule has 0 amide bonds. The molecule has 4 rings (SSSR count). The monoisotopic (exact) mass is 592 g/mol. The molecule has 2 aliphatic heterocycles. The van der Waals surface area contributed by atoms with Gasteiger partial charge in [-0.25, -0.2) is 9.15 Å². The summed E-state index contributed by atoms with van der Waals surface area (Å²) < 4.78 is 5.51. The van der Waals surface area contributed by atoms with E-state index in [1.165, 1.54) is 140 Å². The molecule has 4 nitrogen and oxygen atoms in total. The number of nitrogens with zero attached hydrogens (tertiary/aromatic N) is 4. The van der Waals surface area contributed by atoms with E-state index in [0.717, 1.165) is 36.0 Å². The van der Waals surface area contributed by atoms with Crippen molar-refractivity contribution in [2.24, 2.45) is 11.8 Å². The first-order valence-electron chi connectivity index (χ1n) is 17.2. The minimum absolute atomic E-state index is 0.813. The van der Waals surface area contributed by atoms with E-state index < -0.39 is 0 Å². The normalized spacial score (nSPS) is 31.9. The van der Waals surface area contributed by atoms with Gasteiger partial charge in [0.1, 0.15) is 12.4 Å². The van der Waals surface area contributed by atoms with Crippen molar-refractivity contribution < 1.29 is 9.15 Å². The van der Waals surface area contributed by atoms with Crippen LogP contribution >= 0.6 is 21.6 Å². The summed E-state index contributed by atoms with van der Waals surface area (Å²) in [5, 5.41) is 0. The highest BCUT2D eigenvalue weighted by Crippen LogP contribution is 2.33. The Kier molecular flexibility index (Phi) is 14.7. The van der Waals surface area contributed by atoms with Crippen molar-refractivity contribution in [3.05, 3.63) is 0 Å². The number of rotatable bonds is 15. The van der Waals surface area contributed by atoms with Gasteiger partial charge < -0.3 is 9.80 Å². The molecule has 40 heavy (non-hydrogen) atoms. The summed E-state index contributed by atoms with van der Waals surface area (Å²) in [5.41, 5.74) is 0. The molecule has 0 bridgehead atoms. The molecule has 2 saturated carbocycles. The molecule has 6 heteroatoms. The van der Waals surface area contributed by atoms with E-state index in [1.54, 1.807) is 0 Å². The molecule has 2 atom stereocenters. The zero-order chi connectivity index (χ0) is 28.2. The molecule has 2 aliphatic carbocycles. The van der Waals surface area contributed by atoms with Crippen LogP contribution in [0.5, 0.6) is 0 Å². The van der Waals surface area contributed by atoms with Crippen molar-refractivity contribution in [1.29, 1.82) is 0 Å². The van der Waals surface area contributed by atoms with Crippen LogP contribution in [-0.4, -0.2) is 108 Å². The van der Waals surface area contributed by atoms with Crippen molar-refractivity contribution in [3.8, 4) is 0 Å². The van der Waals surface area contributed by atoms with Crippen molar-refractivity contribution in [3.63, 3.8) is 0 Å².